The largest absolute Gasteiger partial charge is 0.493 e. The van der Waals surface area contributed by atoms with Gasteiger partial charge in [-0.3, -0.25) is 9.69 Å². The molecule has 1 saturated heterocycles. The molecule has 2 fully saturated rings. The predicted octanol–water partition coefficient (Wildman–Crippen LogP) is 5.92. The zero-order chi connectivity index (χ0) is 26.9. The summed E-state index contributed by atoms with van der Waals surface area (Å²) >= 11 is 0. The average molecular weight is 531 g/mol. The predicted molar refractivity (Wildman–Crippen MR) is 136 cm³/mol. The first-order valence-electron chi connectivity index (χ1n) is 13.3. The molecule has 2 aromatic carbocycles. The van der Waals surface area contributed by atoms with Gasteiger partial charge in [-0.1, -0.05) is 23.4 Å². The van der Waals surface area contributed by atoms with Gasteiger partial charge in [-0.05, 0) is 85.9 Å². The first-order chi connectivity index (χ1) is 18.2. The summed E-state index contributed by atoms with van der Waals surface area (Å²) < 4.78 is 51.3. The van der Waals surface area contributed by atoms with Crippen LogP contribution in [0.5, 0.6) is 5.75 Å². The fraction of sp³-hybridized carbons (Fsp3) is 0.517. The highest BCUT2D eigenvalue weighted by Crippen LogP contribution is 2.40. The maximum Gasteiger partial charge on any atom is 0.419 e. The van der Waals surface area contributed by atoms with Crippen LogP contribution in [0.15, 0.2) is 41.6 Å². The summed E-state index contributed by atoms with van der Waals surface area (Å²) in [5.74, 6) is 0.0694. The van der Waals surface area contributed by atoms with Gasteiger partial charge in [0.25, 0.3) is 0 Å². The molecule has 0 N–H and O–H groups in total. The molecule has 0 spiro atoms. The number of halogens is 3. The van der Waals surface area contributed by atoms with E-state index in [2.05, 4.69) is 22.2 Å². The maximum absolute atomic E-state index is 13.6. The lowest BCUT2D eigenvalue weighted by Gasteiger charge is -2.42. The molecule has 0 radical (unpaired) electrons. The first kappa shape index (κ1) is 26.5. The van der Waals surface area contributed by atoms with Crippen molar-refractivity contribution >= 4 is 11.7 Å². The summed E-state index contributed by atoms with van der Waals surface area (Å²) in [6, 6.07) is 10.5. The summed E-state index contributed by atoms with van der Waals surface area (Å²) in [4.78, 5) is 19.7. The molecule has 5 rings (SSSR count). The van der Waals surface area contributed by atoms with Crippen molar-refractivity contribution in [3.63, 3.8) is 0 Å². The van der Waals surface area contributed by atoms with Gasteiger partial charge < -0.3 is 14.3 Å². The Labute approximate surface area is 220 Å². The van der Waals surface area contributed by atoms with Crippen LogP contribution >= 0.6 is 0 Å². The molecule has 2 aliphatic carbocycles. The van der Waals surface area contributed by atoms with E-state index in [0.29, 0.717) is 36.4 Å². The molecule has 1 heterocycles. The summed E-state index contributed by atoms with van der Waals surface area (Å²) in [6.07, 6.45) is -0.552. The molecule has 2 aromatic rings. The topological polar surface area (TPSA) is 60.4 Å². The molecule has 6 nitrogen and oxygen atoms in total. The maximum atomic E-state index is 13.6. The quantitative estimate of drug-likeness (QED) is 0.217. The van der Waals surface area contributed by atoms with E-state index in [0.717, 1.165) is 50.4 Å². The van der Waals surface area contributed by atoms with Crippen LogP contribution in [-0.4, -0.2) is 42.9 Å². The second-order valence-electron chi connectivity index (χ2n) is 10.4. The third-order valence-electron chi connectivity index (χ3n) is 7.53. The number of nitrogens with zero attached hydrogens (tertiary/aromatic N) is 2. The lowest BCUT2D eigenvalue weighted by molar-refractivity contribution is -0.155. The van der Waals surface area contributed by atoms with Gasteiger partial charge in [0.05, 0.1) is 30.4 Å². The van der Waals surface area contributed by atoms with Crippen molar-refractivity contribution in [2.45, 2.75) is 58.4 Å². The number of hydrogen-bond acceptors (Lipinski definition) is 6. The van der Waals surface area contributed by atoms with Crippen molar-refractivity contribution < 1.29 is 32.3 Å². The number of oxime groups is 1. The number of fused-ring (bicyclic) bond motifs is 1. The monoisotopic (exact) mass is 530 g/mol. The lowest BCUT2D eigenvalue weighted by Crippen LogP contribution is -2.51. The minimum atomic E-state index is -4.51. The Bertz CT molecular complexity index is 1200. The summed E-state index contributed by atoms with van der Waals surface area (Å²) in [6.45, 7) is 5.74. The standard InChI is InChI=1S/C29H33F3N2O4/c1-3-36-28(35)23-14-34(15-23)26-10-8-22-13-21(7-9-24(22)26)18(2)33-38-17-20-6-11-27(37-16-19-4-5-19)25(12-20)29(30,31)32/h6-7,9,11-13,19,23,26H,3-5,8,10,14-17H2,1-2H3/b33-18+. The number of esters is 1. The SMILES string of the molecule is CCOC(=O)C1CN(C2CCc3cc(/C(C)=N/OCc4ccc(OCC5CC5)c(C(F)(F)F)c4)ccc32)C1. The molecule has 1 unspecified atom stereocenters. The number of hydrogen-bond donors (Lipinski definition) is 0. The number of alkyl halides is 3. The van der Waals surface area contributed by atoms with E-state index < -0.39 is 11.7 Å². The molecule has 1 atom stereocenters. The van der Waals surface area contributed by atoms with Crippen molar-refractivity contribution in [3.8, 4) is 5.75 Å². The minimum absolute atomic E-state index is 0.0384. The van der Waals surface area contributed by atoms with Crippen molar-refractivity contribution in [3.05, 3.63) is 64.2 Å². The molecule has 204 valence electrons. The van der Waals surface area contributed by atoms with Crippen molar-refractivity contribution in [1.29, 1.82) is 0 Å². The van der Waals surface area contributed by atoms with Crippen molar-refractivity contribution in [2.24, 2.45) is 17.0 Å². The fourth-order valence-corrected chi connectivity index (χ4v) is 5.14. The second kappa shape index (κ2) is 11.0. The molecule has 38 heavy (non-hydrogen) atoms. The Kier molecular flexibility index (Phi) is 7.66. The zero-order valence-corrected chi connectivity index (χ0v) is 21.7. The molecule has 1 aliphatic heterocycles. The highest BCUT2D eigenvalue weighted by molar-refractivity contribution is 5.98. The van der Waals surface area contributed by atoms with E-state index in [4.69, 9.17) is 14.3 Å². The summed E-state index contributed by atoms with van der Waals surface area (Å²) in [7, 11) is 0. The van der Waals surface area contributed by atoms with Gasteiger partial charge in [0.1, 0.15) is 12.4 Å². The number of ether oxygens (including phenoxy) is 2. The van der Waals surface area contributed by atoms with E-state index >= 15 is 0 Å². The van der Waals surface area contributed by atoms with Crippen LogP contribution in [0.1, 0.15) is 67.0 Å². The molecular weight excluding hydrogens is 497 g/mol. The average Bonchev–Trinajstić information content (AvgIpc) is 3.60. The Balaban J connectivity index is 1.18. The Morgan fingerprint density at radius 3 is 2.61 bits per heavy atom. The van der Waals surface area contributed by atoms with Gasteiger partial charge in [0.2, 0.25) is 0 Å². The smallest absolute Gasteiger partial charge is 0.419 e. The van der Waals surface area contributed by atoms with E-state index in [-0.39, 0.29) is 24.2 Å². The summed E-state index contributed by atoms with van der Waals surface area (Å²) in [5, 5.41) is 4.17. The molecule has 9 heteroatoms. The highest BCUT2D eigenvalue weighted by Gasteiger charge is 2.40. The van der Waals surface area contributed by atoms with Crippen LogP contribution in [0.4, 0.5) is 13.2 Å². The van der Waals surface area contributed by atoms with Gasteiger partial charge in [0, 0.05) is 19.1 Å². The molecule has 3 aliphatic rings. The number of aryl methyl sites for hydroxylation is 1. The number of likely N-dealkylation sites (tertiary alicyclic amines) is 1. The third kappa shape index (κ3) is 5.98. The van der Waals surface area contributed by atoms with Gasteiger partial charge in [0.15, 0.2) is 0 Å². The number of benzene rings is 2. The Morgan fingerprint density at radius 2 is 1.89 bits per heavy atom. The van der Waals surface area contributed by atoms with Crippen LogP contribution in [0.2, 0.25) is 0 Å². The van der Waals surface area contributed by atoms with Gasteiger partial charge in [-0.25, -0.2) is 0 Å². The number of carbonyl (C=O) groups excluding carboxylic acids is 1. The molecule has 0 aromatic heterocycles. The fourth-order valence-electron chi connectivity index (χ4n) is 5.14. The molecule has 0 bridgehead atoms. The zero-order valence-electron chi connectivity index (χ0n) is 21.7. The minimum Gasteiger partial charge on any atom is -0.493 e. The van der Waals surface area contributed by atoms with E-state index in [1.807, 2.05) is 19.9 Å². The molecule has 1 saturated carbocycles. The third-order valence-corrected chi connectivity index (χ3v) is 7.53. The first-order valence-corrected chi connectivity index (χ1v) is 13.3. The number of rotatable bonds is 10. The van der Waals surface area contributed by atoms with E-state index in [1.165, 1.54) is 17.2 Å². The lowest BCUT2D eigenvalue weighted by atomic mass is 9.94. The van der Waals surface area contributed by atoms with Gasteiger partial charge in [-0.15, -0.1) is 0 Å². The Morgan fingerprint density at radius 1 is 1.11 bits per heavy atom. The Hall–Kier alpha value is -3.07. The van der Waals surface area contributed by atoms with Crippen LogP contribution in [-0.2, 0) is 33.6 Å². The van der Waals surface area contributed by atoms with Gasteiger partial charge >= 0.3 is 12.1 Å². The van der Waals surface area contributed by atoms with Crippen molar-refractivity contribution in [2.75, 3.05) is 26.3 Å². The second-order valence-corrected chi connectivity index (χ2v) is 10.4. The number of carbonyl (C=O) groups is 1. The van der Waals surface area contributed by atoms with Crippen LogP contribution in [0.3, 0.4) is 0 Å². The molecule has 0 amide bonds. The van der Waals surface area contributed by atoms with E-state index in [1.54, 1.807) is 6.07 Å². The van der Waals surface area contributed by atoms with E-state index in [9.17, 15) is 18.0 Å². The van der Waals surface area contributed by atoms with Crippen LogP contribution in [0, 0.1) is 11.8 Å². The normalized spacial score (nSPS) is 20.1. The van der Waals surface area contributed by atoms with Gasteiger partial charge in [-0.2, -0.15) is 13.2 Å². The van der Waals surface area contributed by atoms with Crippen molar-refractivity contribution in [1.82, 2.24) is 4.90 Å². The van der Waals surface area contributed by atoms with Crippen LogP contribution in [0.25, 0.3) is 0 Å². The molecular formula is C29H33F3N2O4. The summed E-state index contributed by atoms with van der Waals surface area (Å²) in [5.41, 5.74) is 3.68. The van der Waals surface area contributed by atoms with Crippen LogP contribution < -0.4 is 4.74 Å². The highest BCUT2D eigenvalue weighted by atomic mass is 19.4.